The van der Waals surface area contributed by atoms with Crippen molar-refractivity contribution in [3.63, 3.8) is 0 Å². The number of nitrogens with two attached hydrogens (primary N) is 1. The van der Waals surface area contributed by atoms with E-state index in [1.54, 1.807) is 17.5 Å². The number of aromatic nitrogens is 4. The number of thiazole rings is 1. The summed E-state index contributed by atoms with van der Waals surface area (Å²) >= 11 is 1.62. The Balaban J connectivity index is 2.05. The van der Waals surface area contributed by atoms with Gasteiger partial charge in [0.1, 0.15) is 0 Å². The van der Waals surface area contributed by atoms with E-state index in [2.05, 4.69) is 32.3 Å². The Morgan fingerprint density at radius 3 is 2.85 bits per heavy atom. The summed E-state index contributed by atoms with van der Waals surface area (Å²) in [6.45, 7) is 2.07. The van der Waals surface area contributed by atoms with Gasteiger partial charge < -0.3 is 5.73 Å². The molecular weight excluding hydrogens is 270 g/mol. The first-order valence-corrected chi connectivity index (χ1v) is 7.01. The second kappa shape index (κ2) is 4.01. The minimum Gasteiger partial charge on any atom is -0.368 e. The fourth-order valence-electron chi connectivity index (χ4n) is 2.40. The van der Waals surface area contributed by atoms with E-state index in [9.17, 15) is 0 Å². The van der Waals surface area contributed by atoms with Crippen LogP contribution in [0.2, 0.25) is 0 Å². The monoisotopic (exact) mass is 281 g/mol. The van der Waals surface area contributed by atoms with Crippen LogP contribution < -0.4 is 5.73 Å². The molecule has 0 fully saturated rings. The first-order valence-electron chi connectivity index (χ1n) is 6.19. The van der Waals surface area contributed by atoms with Crippen molar-refractivity contribution < 1.29 is 0 Å². The van der Waals surface area contributed by atoms with E-state index in [4.69, 9.17) is 5.73 Å². The van der Waals surface area contributed by atoms with Crippen LogP contribution in [-0.4, -0.2) is 19.4 Å². The molecule has 0 aliphatic carbocycles. The third kappa shape index (κ3) is 1.51. The third-order valence-corrected chi connectivity index (χ3v) is 4.46. The third-order valence-electron chi connectivity index (χ3n) is 3.29. The lowest BCUT2D eigenvalue weighted by Crippen LogP contribution is -1.95. The first kappa shape index (κ1) is 11.4. The summed E-state index contributed by atoms with van der Waals surface area (Å²) in [5.41, 5.74) is 9.76. The number of nitrogen functional groups attached to an aromatic ring is 1. The number of fused-ring (bicyclic) bond motifs is 3. The average molecular weight is 281 g/mol. The Labute approximate surface area is 118 Å². The van der Waals surface area contributed by atoms with Crippen LogP contribution in [0.3, 0.4) is 0 Å². The molecule has 0 spiro atoms. The SMILES string of the molecule is Cc1c(-c2ccnc(N)n2)sc2nc3ccccc3n12. The highest BCUT2D eigenvalue weighted by Gasteiger charge is 2.15. The lowest BCUT2D eigenvalue weighted by Gasteiger charge is -2.00. The van der Waals surface area contributed by atoms with Crippen molar-refractivity contribution >= 4 is 33.3 Å². The molecule has 0 amide bonds. The van der Waals surface area contributed by atoms with Crippen molar-refractivity contribution in [2.75, 3.05) is 5.73 Å². The average Bonchev–Trinajstić information content (AvgIpc) is 2.96. The molecule has 4 aromatic rings. The van der Waals surface area contributed by atoms with Crippen LogP contribution in [0.5, 0.6) is 0 Å². The van der Waals surface area contributed by atoms with Crippen LogP contribution in [0.4, 0.5) is 5.95 Å². The van der Waals surface area contributed by atoms with Crippen LogP contribution in [0.1, 0.15) is 5.69 Å². The number of benzene rings is 1. The standard InChI is InChI=1S/C14H11N5S/c1-8-12(10-6-7-16-13(15)17-10)20-14-18-9-4-2-3-5-11(9)19(8)14/h2-7H,1H3,(H2,15,16,17). The molecule has 0 aliphatic heterocycles. The highest BCUT2D eigenvalue weighted by Crippen LogP contribution is 2.33. The Morgan fingerprint density at radius 2 is 2.00 bits per heavy atom. The summed E-state index contributed by atoms with van der Waals surface area (Å²) < 4.78 is 2.16. The first-order chi connectivity index (χ1) is 9.74. The Kier molecular flexibility index (Phi) is 2.28. The fourth-order valence-corrected chi connectivity index (χ4v) is 3.51. The molecule has 4 rings (SSSR count). The van der Waals surface area contributed by atoms with Gasteiger partial charge in [0, 0.05) is 11.9 Å². The minimum absolute atomic E-state index is 0.290. The van der Waals surface area contributed by atoms with E-state index in [0.717, 1.165) is 32.3 Å². The van der Waals surface area contributed by atoms with Crippen molar-refractivity contribution in [2.24, 2.45) is 0 Å². The minimum atomic E-state index is 0.290. The summed E-state index contributed by atoms with van der Waals surface area (Å²) in [5, 5.41) is 0. The number of rotatable bonds is 1. The summed E-state index contributed by atoms with van der Waals surface area (Å²) in [6, 6.07) is 10.00. The largest absolute Gasteiger partial charge is 0.368 e. The molecule has 0 atom stereocenters. The molecule has 0 aliphatic rings. The van der Waals surface area contributed by atoms with Crippen molar-refractivity contribution in [1.82, 2.24) is 19.4 Å². The maximum Gasteiger partial charge on any atom is 0.220 e. The maximum absolute atomic E-state index is 5.67. The van der Waals surface area contributed by atoms with Gasteiger partial charge in [0.2, 0.25) is 5.95 Å². The topological polar surface area (TPSA) is 69.1 Å². The van der Waals surface area contributed by atoms with E-state index >= 15 is 0 Å². The molecular formula is C14H11N5S. The second-order valence-corrected chi connectivity index (χ2v) is 5.51. The molecule has 6 heteroatoms. The molecule has 5 nitrogen and oxygen atoms in total. The highest BCUT2D eigenvalue weighted by molar-refractivity contribution is 7.20. The second-order valence-electron chi connectivity index (χ2n) is 4.54. The molecule has 3 aromatic heterocycles. The van der Waals surface area contributed by atoms with Gasteiger partial charge in [-0.2, -0.15) is 0 Å². The van der Waals surface area contributed by atoms with Crippen molar-refractivity contribution in [1.29, 1.82) is 0 Å². The molecule has 3 heterocycles. The van der Waals surface area contributed by atoms with Gasteiger partial charge in [-0.15, -0.1) is 0 Å². The zero-order valence-electron chi connectivity index (χ0n) is 10.7. The van der Waals surface area contributed by atoms with Crippen molar-refractivity contribution in [2.45, 2.75) is 6.92 Å². The summed E-state index contributed by atoms with van der Waals surface area (Å²) in [5.74, 6) is 0.290. The van der Waals surface area contributed by atoms with Gasteiger partial charge in [0.25, 0.3) is 0 Å². The van der Waals surface area contributed by atoms with E-state index in [1.165, 1.54) is 0 Å². The van der Waals surface area contributed by atoms with Gasteiger partial charge in [-0.25, -0.2) is 15.0 Å². The molecule has 0 bridgehead atoms. The van der Waals surface area contributed by atoms with Gasteiger partial charge in [0.05, 0.1) is 21.6 Å². The fraction of sp³-hybridized carbons (Fsp3) is 0.0714. The lowest BCUT2D eigenvalue weighted by molar-refractivity contribution is 1.15. The zero-order chi connectivity index (χ0) is 13.7. The number of hydrogen-bond donors (Lipinski definition) is 1. The molecule has 1 aromatic carbocycles. The maximum atomic E-state index is 5.67. The summed E-state index contributed by atoms with van der Waals surface area (Å²) in [7, 11) is 0. The molecule has 0 saturated heterocycles. The normalized spacial score (nSPS) is 11.4. The Bertz CT molecular complexity index is 937. The molecule has 2 N–H and O–H groups in total. The van der Waals surface area contributed by atoms with E-state index in [0.29, 0.717) is 0 Å². The van der Waals surface area contributed by atoms with Crippen LogP contribution >= 0.6 is 11.3 Å². The predicted octanol–water partition coefficient (Wildman–Crippen LogP) is 2.90. The van der Waals surface area contributed by atoms with Gasteiger partial charge in [0.15, 0.2) is 4.96 Å². The molecule has 0 saturated carbocycles. The predicted molar refractivity (Wildman–Crippen MR) is 80.8 cm³/mol. The van der Waals surface area contributed by atoms with Crippen molar-refractivity contribution in [3.8, 4) is 10.6 Å². The van der Waals surface area contributed by atoms with Gasteiger partial charge >= 0.3 is 0 Å². The Morgan fingerprint density at radius 1 is 1.15 bits per heavy atom. The molecule has 0 unspecified atom stereocenters. The smallest absolute Gasteiger partial charge is 0.220 e. The molecule has 0 radical (unpaired) electrons. The number of para-hydroxylation sites is 2. The lowest BCUT2D eigenvalue weighted by atomic mass is 10.3. The number of hydrogen-bond acceptors (Lipinski definition) is 5. The van der Waals surface area contributed by atoms with E-state index in [-0.39, 0.29) is 5.95 Å². The van der Waals surface area contributed by atoms with Crippen LogP contribution in [0.15, 0.2) is 36.5 Å². The summed E-state index contributed by atoms with van der Waals surface area (Å²) in [6.07, 6.45) is 1.68. The van der Waals surface area contributed by atoms with Crippen LogP contribution in [-0.2, 0) is 0 Å². The van der Waals surface area contributed by atoms with Crippen LogP contribution in [0, 0.1) is 6.92 Å². The summed E-state index contributed by atoms with van der Waals surface area (Å²) in [4.78, 5) is 14.9. The number of imidazole rings is 1. The Hall–Kier alpha value is -2.47. The quantitative estimate of drug-likeness (QED) is 0.582. The van der Waals surface area contributed by atoms with Gasteiger partial charge in [-0.1, -0.05) is 23.5 Å². The number of aryl methyl sites for hydroxylation is 1. The van der Waals surface area contributed by atoms with E-state index in [1.807, 2.05) is 24.3 Å². The molecule has 20 heavy (non-hydrogen) atoms. The van der Waals surface area contributed by atoms with Gasteiger partial charge in [-0.05, 0) is 25.1 Å². The van der Waals surface area contributed by atoms with Gasteiger partial charge in [-0.3, -0.25) is 4.40 Å². The highest BCUT2D eigenvalue weighted by atomic mass is 32.1. The van der Waals surface area contributed by atoms with Crippen molar-refractivity contribution in [3.05, 3.63) is 42.2 Å². The zero-order valence-corrected chi connectivity index (χ0v) is 11.6. The number of anilines is 1. The molecule has 98 valence electrons. The van der Waals surface area contributed by atoms with Crippen LogP contribution in [0.25, 0.3) is 26.6 Å². The van der Waals surface area contributed by atoms with E-state index < -0.39 is 0 Å². The number of nitrogens with zero attached hydrogens (tertiary/aromatic N) is 4.